The molecule has 8 nitrogen and oxygen atoms in total. The molecule has 1 aromatic rings. The monoisotopic (exact) mass is 367 g/mol. The summed E-state index contributed by atoms with van der Waals surface area (Å²) < 4.78 is 4.92. The summed E-state index contributed by atoms with van der Waals surface area (Å²) in [6.07, 6.45) is 1.80. The third kappa shape index (κ3) is 6.18. The third-order valence-electron chi connectivity index (χ3n) is 3.46. The number of hydrogen-bond donors (Lipinski definition) is 3. The normalized spacial score (nSPS) is 14.5. The molecule has 3 N–H and O–H groups in total. The summed E-state index contributed by atoms with van der Waals surface area (Å²) >= 11 is 1.26. The summed E-state index contributed by atoms with van der Waals surface area (Å²) in [7, 11) is 0. The van der Waals surface area contributed by atoms with Crippen LogP contribution in [0.5, 0.6) is 0 Å². The van der Waals surface area contributed by atoms with Crippen molar-refractivity contribution >= 4 is 35.2 Å². The van der Waals surface area contributed by atoms with Crippen molar-refractivity contribution in [3.8, 4) is 0 Å². The van der Waals surface area contributed by atoms with Crippen molar-refractivity contribution in [1.29, 1.82) is 0 Å². The van der Waals surface area contributed by atoms with Gasteiger partial charge in [-0.2, -0.15) is 0 Å². The fraction of sp³-hybridized carbons (Fsp3) is 0.500. The van der Waals surface area contributed by atoms with Gasteiger partial charge in [-0.25, -0.2) is 9.59 Å². The first kappa shape index (κ1) is 18.9. The first-order valence-corrected chi connectivity index (χ1v) is 8.86. The average Bonchev–Trinajstić information content (AvgIpc) is 3.17. The predicted molar refractivity (Wildman–Crippen MR) is 91.1 cm³/mol. The molecule has 9 heteroatoms. The van der Waals surface area contributed by atoms with Gasteiger partial charge in [0.1, 0.15) is 6.04 Å². The lowest BCUT2D eigenvalue weighted by Crippen LogP contribution is -2.47. The smallest absolute Gasteiger partial charge is 0.329 e. The van der Waals surface area contributed by atoms with Gasteiger partial charge in [0.25, 0.3) is 11.8 Å². The molecule has 0 radical (unpaired) electrons. The van der Waals surface area contributed by atoms with Crippen LogP contribution in [0.1, 0.15) is 36.4 Å². The molecule has 0 bridgehead atoms. The number of urea groups is 1. The lowest BCUT2D eigenvalue weighted by atomic mass is 10.0. The van der Waals surface area contributed by atoms with Crippen LogP contribution in [0.4, 0.5) is 4.79 Å². The zero-order valence-corrected chi connectivity index (χ0v) is 14.9. The molecule has 4 amide bonds. The van der Waals surface area contributed by atoms with E-state index < -0.39 is 30.6 Å². The number of hydrogen-bond acceptors (Lipinski definition) is 6. The fourth-order valence-electron chi connectivity index (χ4n) is 1.96. The summed E-state index contributed by atoms with van der Waals surface area (Å²) in [4.78, 5) is 47.8. The van der Waals surface area contributed by atoms with Gasteiger partial charge in [0.2, 0.25) is 0 Å². The standard InChI is InChI=1S/C16H21N3O5S/c1-9(2)13(19-14(21)11-4-3-7-25-11)15(22)24-8-12(20)18-16(23)17-10-5-6-10/h3-4,7,9-10,13H,5-6,8H2,1-2H3,(H,19,21)(H2,17,18,20,23)/t13-/m1/s1. The van der Waals surface area contributed by atoms with Crippen molar-refractivity contribution in [2.75, 3.05) is 6.61 Å². The van der Waals surface area contributed by atoms with E-state index in [1.54, 1.807) is 31.4 Å². The summed E-state index contributed by atoms with van der Waals surface area (Å²) in [5, 5.41) is 9.04. The first-order valence-electron chi connectivity index (χ1n) is 7.98. The Balaban J connectivity index is 1.79. The molecule has 1 atom stereocenters. The average molecular weight is 367 g/mol. The van der Waals surface area contributed by atoms with E-state index in [0.29, 0.717) is 4.88 Å². The number of thiophene rings is 1. The Morgan fingerprint density at radius 3 is 2.56 bits per heavy atom. The van der Waals surface area contributed by atoms with Gasteiger partial charge in [-0.05, 0) is 30.2 Å². The molecule has 0 aromatic carbocycles. The Morgan fingerprint density at radius 2 is 2.00 bits per heavy atom. The molecule has 1 aliphatic carbocycles. The molecule has 1 heterocycles. The van der Waals surface area contributed by atoms with Crippen molar-refractivity contribution in [2.24, 2.45) is 5.92 Å². The fourth-order valence-corrected chi connectivity index (χ4v) is 2.58. The molecular formula is C16H21N3O5S. The Hall–Kier alpha value is -2.42. The van der Waals surface area contributed by atoms with E-state index >= 15 is 0 Å². The number of carbonyl (C=O) groups excluding carboxylic acids is 4. The summed E-state index contributed by atoms with van der Waals surface area (Å²) in [5.74, 6) is -2.05. The molecule has 25 heavy (non-hydrogen) atoms. The lowest BCUT2D eigenvalue weighted by molar-refractivity contribution is -0.151. The summed E-state index contributed by atoms with van der Waals surface area (Å²) in [6, 6.07) is 2.01. The van der Waals surface area contributed by atoms with Crippen molar-refractivity contribution < 1.29 is 23.9 Å². The number of carbonyl (C=O) groups is 4. The number of amides is 4. The van der Waals surface area contributed by atoms with Gasteiger partial charge < -0.3 is 15.4 Å². The Kier molecular flexibility index (Phi) is 6.51. The number of esters is 1. The van der Waals surface area contributed by atoms with Crippen molar-refractivity contribution in [3.63, 3.8) is 0 Å². The van der Waals surface area contributed by atoms with Crippen LogP contribution in [0, 0.1) is 5.92 Å². The van der Waals surface area contributed by atoms with Gasteiger partial charge in [-0.3, -0.25) is 14.9 Å². The van der Waals surface area contributed by atoms with Gasteiger partial charge in [-0.1, -0.05) is 19.9 Å². The second-order valence-corrected chi connectivity index (χ2v) is 7.02. The highest BCUT2D eigenvalue weighted by molar-refractivity contribution is 7.12. The van der Waals surface area contributed by atoms with Gasteiger partial charge in [0, 0.05) is 6.04 Å². The Morgan fingerprint density at radius 1 is 1.28 bits per heavy atom. The molecule has 1 aliphatic rings. The molecule has 2 rings (SSSR count). The zero-order chi connectivity index (χ0) is 18.4. The molecule has 1 saturated carbocycles. The molecule has 136 valence electrons. The third-order valence-corrected chi connectivity index (χ3v) is 4.33. The van der Waals surface area contributed by atoms with Gasteiger partial charge in [0.05, 0.1) is 4.88 Å². The van der Waals surface area contributed by atoms with E-state index in [-0.39, 0.29) is 17.9 Å². The second kappa shape index (κ2) is 8.61. The Bertz CT molecular complexity index is 640. The molecule has 0 aliphatic heterocycles. The topological polar surface area (TPSA) is 114 Å². The van der Waals surface area contributed by atoms with E-state index in [1.807, 2.05) is 0 Å². The number of imide groups is 1. The highest BCUT2D eigenvalue weighted by atomic mass is 32.1. The van der Waals surface area contributed by atoms with Crippen LogP contribution in [0.3, 0.4) is 0 Å². The maximum atomic E-state index is 12.2. The quantitative estimate of drug-likeness (QED) is 0.623. The van der Waals surface area contributed by atoms with E-state index in [1.165, 1.54) is 11.3 Å². The molecular weight excluding hydrogens is 346 g/mol. The SMILES string of the molecule is CC(C)[C@@H](NC(=O)c1cccs1)C(=O)OCC(=O)NC(=O)NC1CC1. The number of nitrogens with one attached hydrogen (secondary N) is 3. The molecule has 1 fully saturated rings. The second-order valence-electron chi connectivity index (χ2n) is 6.08. The van der Waals surface area contributed by atoms with Gasteiger partial charge >= 0.3 is 12.0 Å². The molecule has 1 aromatic heterocycles. The van der Waals surface area contributed by atoms with Crippen LogP contribution in [-0.2, 0) is 14.3 Å². The predicted octanol–water partition coefficient (Wildman–Crippen LogP) is 1.03. The van der Waals surface area contributed by atoms with E-state index in [0.717, 1.165) is 12.8 Å². The van der Waals surface area contributed by atoms with E-state index in [2.05, 4.69) is 16.0 Å². The van der Waals surface area contributed by atoms with Crippen LogP contribution in [0.25, 0.3) is 0 Å². The lowest BCUT2D eigenvalue weighted by Gasteiger charge is -2.20. The van der Waals surface area contributed by atoms with Crippen molar-refractivity contribution in [1.82, 2.24) is 16.0 Å². The van der Waals surface area contributed by atoms with Crippen LogP contribution < -0.4 is 16.0 Å². The maximum Gasteiger partial charge on any atom is 0.329 e. The summed E-state index contributed by atoms with van der Waals surface area (Å²) in [6.45, 7) is 2.92. The maximum absolute atomic E-state index is 12.2. The van der Waals surface area contributed by atoms with Gasteiger partial charge in [0.15, 0.2) is 6.61 Å². The van der Waals surface area contributed by atoms with E-state index in [4.69, 9.17) is 4.74 Å². The van der Waals surface area contributed by atoms with Gasteiger partial charge in [-0.15, -0.1) is 11.3 Å². The van der Waals surface area contributed by atoms with Crippen molar-refractivity contribution in [3.05, 3.63) is 22.4 Å². The minimum absolute atomic E-state index is 0.119. The summed E-state index contributed by atoms with van der Waals surface area (Å²) in [5.41, 5.74) is 0. The number of ether oxygens (including phenoxy) is 1. The molecule has 0 spiro atoms. The first-order chi connectivity index (χ1) is 11.9. The highest BCUT2D eigenvalue weighted by Crippen LogP contribution is 2.18. The van der Waals surface area contributed by atoms with Crippen LogP contribution in [0.15, 0.2) is 17.5 Å². The van der Waals surface area contributed by atoms with Crippen LogP contribution in [0.2, 0.25) is 0 Å². The molecule has 0 unspecified atom stereocenters. The Labute approximate surface area is 149 Å². The highest BCUT2D eigenvalue weighted by Gasteiger charge is 2.28. The van der Waals surface area contributed by atoms with Crippen molar-refractivity contribution in [2.45, 2.75) is 38.8 Å². The van der Waals surface area contributed by atoms with E-state index in [9.17, 15) is 19.2 Å². The minimum atomic E-state index is -0.886. The van der Waals surface area contributed by atoms with Crippen LogP contribution >= 0.6 is 11.3 Å². The zero-order valence-electron chi connectivity index (χ0n) is 14.0. The largest absolute Gasteiger partial charge is 0.454 e. The van der Waals surface area contributed by atoms with Crippen LogP contribution in [-0.4, -0.2) is 42.5 Å². The molecule has 0 saturated heterocycles. The minimum Gasteiger partial charge on any atom is -0.454 e. The number of rotatable bonds is 7.